The molecule has 0 radical (unpaired) electrons. The number of H-pyrrole nitrogens is 1. The Morgan fingerprint density at radius 2 is 1.93 bits per heavy atom. The van der Waals surface area contributed by atoms with Gasteiger partial charge in [-0.25, -0.2) is 0 Å². The number of carbonyl (C=O) groups excluding carboxylic acids is 4. The predicted molar refractivity (Wildman–Crippen MR) is 174 cm³/mol. The van der Waals surface area contributed by atoms with Crippen LogP contribution in [0.25, 0.3) is 10.1 Å². The number of anilines is 1. The average molecular weight is 627 g/mol. The van der Waals surface area contributed by atoms with Gasteiger partial charge in [-0.2, -0.15) is 5.10 Å². The van der Waals surface area contributed by atoms with E-state index in [2.05, 4.69) is 20.8 Å². The molecule has 0 saturated carbocycles. The smallest absolute Gasteiger partial charge is 0.250 e. The number of likely N-dealkylation sites (N-methyl/N-ethyl adjacent to an activating group) is 1. The molecule has 2 aliphatic heterocycles. The Bertz CT molecular complexity index is 1730. The van der Waals surface area contributed by atoms with E-state index in [1.807, 2.05) is 61.7 Å². The van der Waals surface area contributed by atoms with E-state index in [4.69, 9.17) is 0 Å². The number of nitrogens with one attached hydrogen (secondary N) is 3. The number of rotatable bonds is 10. The molecule has 2 aromatic carbocycles. The van der Waals surface area contributed by atoms with Crippen molar-refractivity contribution in [2.75, 3.05) is 11.9 Å². The molecule has 45 heavy (non-hydrogen) atoms. The van der Waals surface area contributed by atoms with E-state index in [9.17, 15) is 19.2 Å². The number of carbonyl (C=O) groups is 4. The Morgan fingerprint density at radius 1 is 1.13 bits per heavy atom. The molecule has 4 aromatic rings. The summed E-state index contributed by atoms with van der Waals surface area (Å²) in [5.74, 6) is -1.24. The van der Waals surface area contributed by atoms with Gasteiger partial charge in [0.2, 0.25) is 23.6 Å². The minimum atomic E-state index is -0.838. The molecule has 0 saturated heterocycles. The zero-order valence-electron chi connectivity index (χ0n) is 25.7. The van der Waals surface area contributed by atoms with Crippen LogP contribution in [0.4, 0.5) is 5.69 Å². The lowest BCUT2D eigenvalue weighted by molar-refractivity contribution is -0.141. The number of thiophene rings is 1. The van der Waals surface area contributed by atoms with Gasteiger partial charge >= 0.3 is 0 Å². The summed E-state index contributed by atoms with van der Waals surface area (Å²) in [6.45, 7) is 4.20. The zero-order valence-corrected chi connectivity index (χ0v) is 26.5. The summed E-state index contributed by atoms with van der Waals surface area (Å²) in [6, 6.07) is 13.3. The highest BCUT2D eigenvalue weighted by atomic mass is 32.1. The van der Waals surface area contributed by atoms with Crippen LogP contribution < -0.4 is 15.5 Å². The van der Waals surface area contributed by atoms with Gasteiger partial charge in [-0.1, -0.05) is 56.7 Å². The fourth-order valence-corrected chi connectivity index (χ4v) is 7.53. The van der Waals surface area contributed by atoms with Crippen LogP contribution in [-0.2, 0) is 45.0 Å². The Hall–Kier alpha value is -4.51. The first-order valence-corrected chi connectivity index (χ1v) is 16.4. The number of nitrogens with zero attached hydrogens (tertiary/aromatic N) is 3. The molecule has 2 aromatic heterocycles. The number of hydrogen-bond acceptors (Lipinski definition) is 6. The zero-order chi connectivity index (χ0) is 31.7. The minimum Gasteiger partial charge on any atom is -0.349 e. The average Bonchev–Trinajstić information content (AvgIpc) is 3.79. The van der Waals surface area contributed by atoms with Crippen LogP contribution in [0.2, 0.25) is 0 Å². The van der Waals surface area contributed by atoms with Gasteiger partial charge in [-0.05, 0) is 58.3 Å². The SMILES string of the molecule is CC[C@H](C)[C@@H](C(=O)NC1CCc2cccc3c2N(C1=O)C(C(=O)NCc1ccn[nH]1)C3)N(C)C(=O)Cc1csc2ccccc12. The van der Waals surface area contributed by atoms with Crippen molar-refractivity contribution in [1.29, 1.82) is 0 Å². The van der Waals surface area contributed by atoms with Gasteiger partial charge in [0.1, 0.15) is 18.1 Å². The molecule has 0 aliphatic carbocycles. The van der Waals surface area contributed by atoms with Gasteiger partial charge in [0.05, 0.1) is 24.3 Å². The third kappa shape index (κ3) is 5.96. The van der Waals surface area contributed by atoms with Crippen LogP contribution in [0.1, 0.15) is 49.1 Å². The van der Waals surface area contributed by atoms with Gasteiger partial charge in [-0.3, -0.25) is 29.2 Å². The number of aromatic nitrogens is 2. The van der Waals surface area contributed by atoms with Crippen molar-refractivity contribution in [3.8, 4) is 0 Å². The van der Waals surface area contributed by atoms with E-state index >= 15 is 0 Å². The molecule has 4 heterocycles. The van der Waals surface area contributed by atoms with Gasteiger partial charge in [-0.15, -0.1) is 11.3 Å². The van der Waals surface area contributed by atoms with Crippen LogP contribution >= 0.6 is 11.3 Å². The lowest BCUT2D eigenvalue weighted by atomic mass is 9.95. The second-order valence-corrected chi connectivity index (χ2v) is 12.9. The fraction of sp³-hybridized carbons (Fsp3) is 0.382. The molecule has 6 rings (SSSR count). The molecule has 11 heteroatoms. The fourth-order valence-electron chi connectivity index (χ4n) is 6.57. The predicted octanol–water partition coefficient (Wildman–Crippen LogP) is 3.75. The highest BCUT2D eigenvalue weighted by Gasteiger charge is 2.44. The van der Waals surface area contributed by atoms with Crippen molar-refractivity contribution >= 4 is 50.7 Å². The number of aromatic amines is 1. The van der Waals surface area contributed by atoms with E-state index in [1.165, 1.54) is 4.90 Å². The van der Waals surface area contributed by atoms with Crippen LogP contribution in [0, 0.1) is 5.92 Å². The molecule has 2 aliphatic rings. The summed E-state index contributed by atoms with van der Waals surface area (Å²) in [6.07, 6.45) is 3.85. The van der Waals surface area contributed by atoms with Gasteiger partial charge in [0, 0.05) is 24.4 Å². The van der Waals surface area contributed by atoms with Crippen molar-refractivity contribution in [1.82, 2.24) is 25.7 Å². The normalized spacial score (nSPS) is 18.6. The molecular formula is C34H38N6O4S. The van der Waals surface area contributed by atoms with Crippen LogP contribution in [0.3, 0.4) is 0 Å². The number of amides is 4. The highest BCUT2D eigenvalue weighted by molar-refractivity contribution is 7.17. The second kappa shape index (κ2) is 12.8. The first-order chi connectivity index (χ1) is 21.8. The van der Waals surface area contributed by atoms with Gasteiger partial charge in [0.15, 0.2) is 0 Å². The summed E-state index contributed by atoms with van der Waals surface area (Å²) in [5.41, 5.74) is 4.39. The van der Waals surface area contributed by atoms with Crippen molar-refractivity contribution < 1.29 is 19.2 Å². The van der Waals surface area contributed by atoms with Crippen molar-refractivity contribution in [3.05, 3.63) is 82.5 Å². The Labute approximate surface area is 266 Å². The van der Waals surface area contributed by atoms with E-state index < -0.39 is 18.1 Å². The van der Waals surface area contributed by atoms with E-state index in [0.717, 1.165) is 38.2 Å². The first-order valence-electron chi connectivity index (χ1n) is 15.5. The largest absolute Gasteiger partial charge is 0.349 e. The molecule has 4 atom stereocenters. The molecule has 0 spiro atoms. The van der Waals surface area contributed by atoms with E-state index in [1.54, 1.807) is 35.5 Å². The number of hydrogen-bond donors (Lipinski definition) is 3. The van der Waals surface area contributed by atoms with Crippen LogP contribution in [-0.4, -0.2) is 63.9 Å². The third-order valence-electron chi connectivity index (χ3n) is 9.20. The molecule has 3 N–H and O–H groups in total. The molecule has 4 amide bonds. The lowest BCUT2D eigenvalue weighted by Gasteiger charge is -2.33. The second-order valence-electron chi connectivity index (χ2n) is 12.0. The van der Waals surface area contributed by atoms with Gasteiger partial charge in [0.25, 0.3) is 0 Å². The summed E-state index contributed by atoms with van der Waals surface area (Å²) < 4.78 is 1.12. The Morgan fingerprint density at radius 3 is 2.71 bits per heavy atom. The molecule has 2 unspecified atom stereocenters. The van der Waals surface area contributed by atoms with Crippen LogP contribution in [0.5, 0.6) is 0 Å². The first kappa shape index (κ1) is 30.5. The third-order valence-corrected chi connectivity index (χ3v) is 10.2. The molecule has 234 valence electrons. The molecular weight excluding hydrogens is 588 g/mol. The number of fused-ring (bicyclic) bond motifs is 1. The van der Waals surface area contributed by atoms with Crippen molar-refractivity contribution in [2.45, 2.75) is 70.6 Å². The highest BCUT2D eigenvalue weighted by Crippen LogP contribution is 2.39. The van der Waals surface area contributed by atoms with Crippen LogP contribution in [0.15, 0.2) is 60.1 Å². The summed E-state index contributed by atoms with van der Waals surface area (Å²) in [5, 5.41) is 15.8. The Balaban J connectivity index is 1.20. The maximum Gasteiger partial charge on any atom is 0.250 e. The topological polar surface area (TPSA) is 128 Å². The molecule has 0 fully saturated rings. The van der Waals surface area contributed by atoms with Crippen molar-refractivity contribution in [3.63, 3.8) is 0 Å². The standard InChI is InChI=1S/C34H38N6O4S/c1-4-20(2)30(39(3)29(41)17-23-19-45-28-11-6-5-10-25(23)28)33(43)37-26-13-12-21-8-7-9-22-16-27(40(31(21)22)34(26)44)32(42)35-18-24-14-15-36-38-24/h5-11,14-15,19-20,26-27,30H,4,12-13,16-18H2,1-3H3,(H,35,42)(H,36,38)(H,37,43)/t20-,26?,27?,30-/m0/s1. The number of aryl methyl sites for hydroxylation is 1. The van der Waals surface area contributed by atoms with Crippen molar-refractivity contribution in [2.24, 2.45) is 5.92 Å². The maximum absolute atomic E-state index is 14.2. The Kier molecular flexibility index (Phi) is 8.71. The number of para-hydroxylation sites is 1. The summed E-state index contributed by atoms with van der Waals surface area (Å²) >= 11 is 1.60. The monoisotopic (exact) mass is 626 g/mol. The summed E-state index contributed by atoms with van der Waals surface area (Å²) in [4.78, 5) is 58.3. The summed E-state index contributed by atoms with van der Waals surface area (Å²) in [7, 11) is 1.67. The maximum atomic E-state index is 14.2. The lowest BCUT2D eigenvalue weighted by Crippen LogP contribution is -2.58. The van der Waals surface area contributed by atoms with E-state index in [0.29, 0.717) is 25.7 Å². The quantitative estimate of drug-likeness (QED) is 0.247. The number of benzene rings is 2. The molecule has 0 bridgehead atoms. The minimum absolute atomic E-state index is 0.143. The van der Waals surface area contributed by atoms with E-state index in [-0.39, 0.29) is 42.5 Å². The molecule has 10 nitrogen and oxygen atoms in total. The van der Waals surface area contributed by atoms with Gasteiger partial charge < -0.3 is 15.5 Å².